The van der Waals surface area contributed by atoms with E-state index in [0.29, 0.717) is 17.3 Å². The van der Waals surface area contributed by atoms with E-state index in [1.165, 1.54) is 18.2 Å². The minimum Gasteiger partial charge on any atom is -0.497 e. The zero-order valence-corrected chi connectivity index (χ0v) is 13.9. The summed E-state index contributed by atoms with van der Waals surface area (Å²) in [5.41, 5.74) is 1.12. The Morgan fingerprint density at radius 3 is 2.72 bits per heavy atom. The van der Waals surface area contributed by atoms with Gasteiger partial charge in [-0.2, -0.15) is 4.98 Å². The summed E-state index contributed by atoms with van der Waals surface area (Å²) < 4.78 is 23.3. The van der Waals surface area contributed by atoms with Crippen molar-refractivity contribution in [2.75, 3.05) is 12.4 Å². The van der Waals surface area contributed by atoms with Crippen LogP contribution < -0.4 is 10.1 Å². The highest BCUT2D eigenvalue weighted by molar-refractivity contribution is 6.31. The van der Waals surface area contributed by atoms with Crippen molar-refractivity contribution >= 4 is 23.2 Å². The van der Waals surface area contributed by atoms with Crippen LogP contribution in [0.2, 0.25) is 5.02 Å². The Kier molecular flexibility index (Phi) is 4.95. The summed E-state index contributed by atoms with van der Waals surface area (Å²) in [6, 6.07) is 11.0. The van der Waals surface area contributed by atoms with E-state index in [1.54, 1.807) is 31.4 Å². The van der Waals surface area contributed by atoms with Crippen molar-refractivity contribution in [2.45, 2.75) is 6.42 Å². The fraction of sp³-hybridized carbons (Fsp3) is 0.118. The SMILES string of the molecule is COc1ccc(-c2noc(CC(=O)Nc3ccc(F)c(Cl)c3)n2)cc1. The zero-order valence-electron chi connectivity index (χ0n) is 13.1. The monoisotopic (exact) mass is 361 g/mol. The molecule has 0 aliphatic heterocycles. The second-order valence-electron chi connectivity index (χ2n) is 5.09. The molecule has 0 radical (unpaired) electrons. The Balaban J connectivity index is 1.65. The van der Waals surface area contributed by atoms with Crippen LogP contribution in [0.5, 0.6) is 5.75 Å². The minimum atomic E-state index is -0.555. The molecule has 1 N–H and O–H groups in total. The van der Waals surface area contributed by atoms with Gasteiger partial charge in [-0.1, -0.05) is 16.8 Å². The van der Waals surface area contributed by atoms with E-state index < -0.39 is 5.82 Å². The second-order valence-corrected chi connectivity index (χ2v) is 5.50. The van der Waals surface area contributed by atoms with Gasteiger partial charge in [-0.05, 0) is 42.5 Å². The number of rotatable bonds is 5. The summed E-state index contributed by atoms with van der Waals surface area (Å²) in [7, 11) is 1.58. The van der Waals surface area contributed by atoms with E-state index in [2.05, 4.69) is 15.5 Å². The van der Waals surface area contributed by atoms with Crippen molar-refractivity contribution in [3.8, 4) is 17.1 Å². The maximum atomic E-state index is 13.1. The van der Waals surface area contributed by atoms with E-state index in [-0.39, 0.29) is 23.2 Å². The average molecular weight is 362 g/mol. The molecule has 3 aromatic rings. The van der Waals surface area contributed by atoms with E-state index >= 15 is 0 Å². The fourth-order valence-electron chi connectivity index (χ4n) is 2.10. The highest BCUT2D eigenvalue weighted by atomic mass is 35.5. The van der Waals surface area contributed by atoms with Gasteiger partial charge in [-0.25, -0.2) is 4.39 Å². The van der Waals surface area contributed by atoms with Crippen molar-refractivity contribution in [1.29, 1.82) is 0 Å². The number of carbonyl (C=O) groups excluding carboxylic acids is 1. The van der Waals surface area contributed by atoms with Gasteiger partial charge in [0, 0.05) is 11.3 Å². The van der Waals surface area contributed by atoms with Crippen LogP contribution in [-0.2, 0) is 11.2 Å². The smallest absolute Gasteiger partial charge is 0.236 e. The largest absolute Gasteiger partial charge is 0.497 e. The van der Waals surface area contributed by atoms with Crippen LogP contribution in [0.25, 0.3) is 11.4 Å². The Bertz CT molecular complexity index is 896. The minimum absolute atomic E-state index is 0.0719. The molecular formula is C17H13ClFN3O3. The maximum absolute atomic E-state index is 13.1. The zero-order chi connectivity index (χ0) is 17.8. The molecule has 1 aromatic heterocycles. The van der Waals surface area contributed by atoms with Crippen LogP contribution in [0.3, 0.4) is 0 Å². The first-order chi connectivity index (χ1) is 12.0. The number of amides is 1. The highest BCUT2D eigenvalue weighted by Crippen LogP contribution is 2.21. The third-order valence-corrected chi connectivity index (χ3v) is 3.62. The third-order valence-electron chi connectivity index (χ3n) is 3.33. The lowest BCUT2D eigenvalue weighted by Gasteiger charge is -2.04. The van der Waals surface area contributed by atoms with Crippen molar-refractivity contribution in [3.05, 3.63) is 59.2 Å². The molecule has 0 spiro atoms. The number of aromatic nitrogens is 2. The third kappa shape index (κ3) is 4.13. The summed E-state index contributed by atoms with van der Waals surface area (Å²) in [4.78, 5) is 16.2. The summed E-state index contributed by atoms with van der Waals surface area (Å²) in [5, 5.41) is 6.37. The summed E-state index contributed by atoms with van der Waals surface area (Å²) in [6.45, 7) is 0. The molecule has 128 valence electrons. The number of anilines is 1. The number of ether oxygens (including phenoxy) is 1. The number of nitrogens with one attached hydrogen (secondary N) is 1. The van der Waals surface area contributed by atoms with E-state index in [4.69, 9.17) is 20.9 Å². The number of methoxy groups -OCH3 is 1. The predicted molar refractivity (Wildman–Crippen MR) is 90.0 cm³/mol. The molecule has 2 aromatic carbocycles. The number of carbonyl (C=O) groups is 1. The molecule has 3 rings (SSSR count). The first-order valence-corrected chi connectivity index (χ1v) is 7.65. The molecule has 6 nitrogen and oxygen atoms in total. The van der Waals surface area contributed by atoms with Crippen molar-refractivity contribution in [3.63, 3.8) is 0 Å². The Morgan fingerprint density at radius 1 is 1.28 bits per heavy atom. The molecule has 0 unspecified atom stereocenters. The lowest BCUT2D eigenvalue weighted by molar-refractivity contribution is -0.115. The first kappa shape index (κ1) is 16.9. The van der Waals surface area contributed by atoms with Crippen LogP contribution in [-0.4, -0.2) is 23.2 Å². The van der Waals surface area contributed by atoms with Gasteiger partial charge in [-0.15, -0.1) is 0 Å². The molecule has 0 aliphatic rings. The Labute approximate surface area is 147 Å². The van der Waals surface area contributed by atoms with Crippen LogP contribution in [0.4, 0.5) is 10.1 Å². The average Bonchev–Trinajstić information content (AvgIpc) is 3.06. The van der Waals surface area contributed by atoms with E-state index in [1.807, 2.05) is 0 Å². The van der Waals surface area contributed by atoms with Crippen LogP contribution in [0.1, 0.15) is 5.89 Å². The number of nitrogens with zero attached hydrogens (tertiary/aromatic N) is 2. The highest BCUT2D eigenvalue weighted by Gasteiger charge is 2.13. The molecule has 1 amide bonds. The van der Waals surface area contributed by atoms with E-state index in [9.17, 15) is 9.18 Å². The lowest BCUT2D eigenvalue weighted by Crippen LogP contribution is -2.14. The summed E-state index contributed by atoms with van der Waals surface area (Å²) in [5.74, 6) is 0.310. The van der Waals surface area contributed by atoms with Gasteiger partial charge in [0.15, 0.2) is 0 Å². The van der Waals surface area contributed by atoms with Gasteiger partial charge in [0.2, 0.25) is 17.6 Å². The second kappa shape index (κ2) is 7.31. The molecule has 8 heteroatoms. The Hall–Kier alpha value is -2.93. The molecule has 0 atom stereocenters. The normalized spacial score (nSPS) is 10.5. The van der Waals surface area contributed by atoms with E-state index in [0.717, 1.165) is 5.56 Å². The van der Waals surface area contributed by atoms with Gasteiger partial charge < -0.3 is 14.6 Å². The predicted octanol–water partition coefficient (Wildman–Crippen LogP) is 3.72. The topological polar surface area (TPSA) is 77.2 Å². The molecular weight excluding hydrogens is 349 g/mol. The maximum Gasteiger partial charge on any atom is 0.236 e. The summed E-state index contributed by atoms with van der Waals surface area (Å²) in [6.07, 6.45) is -0.113. The standard InChI is InChI=1S/C17H13ClFN3O3/c1-24-12-5-2-10(3-6-12)17-21-16(25-22-17)9-15(23)20-11-4-7-14(19)13(18)8-11/h2-8H,9H2,1H3,(H,20,23). The van der Waals surface area contributed by atoms with Gasteiger partial charge in [0.1, 0.15) is 18.0 Å². The van der Waals surface area contributed by atoms with Gasteiger partial charge in [0.25, 0.3) is 0 Å². The molecule has 0 aliphatic carbocycles. The van der Waals surface area contributed by atoms with Gasteiger partial charge >= 0.3 is 0 Å². The summed E-state index contributed by atoms with van der Waals surface area (Å²) >= 11 is 5.67. The van der Waals surface area contributed by atoms with Crippen LogP contribution in [0, 0.1) is 5.82 Å². The quantitative estimate of drug-likeness (QED) is 0.749. The molecule has 0 bridgehead atoms. The number of benzene rings is 2. The van der Waals surface area contributed by atoms with Crippen molar-refractivity contribution in [1.82, 2.24) is 10.1 Å². The number of hydrogen-bond donors (Lipinski definition) is 1. The fourth-order valence-corrected chi connectivity index (χ4v) is 2.28. The molecule has 0 saturated carbocycles. The van der Waals surface area contributed by atoms with Crippen molar-refractivity contribution < 1.29 is 18.4 Å². The molecule has 25 heavy (non-hydrogen) atoms. The van der Waals surface area contributed by atoms with Crippen LogP contribution >= 0.6 is 11.6 Å². The van der Waals surface area contributed by atoms with Crippen molar-refractivity contribution in [2.24, 2.45) is 0 Å². The Morgan fingerprint density at radius 2 is 2.04 bits per heavy atom. The molecule has 0 saturated heterocycles. The van der Waals surface area contributed by atoms with Crippen LogP contribution in [0.15, 0.2) is 47.0 Å². The number of halogens is 2. The first-order valence-electron chi connectivity index (χ1n) is 7.27. The van der Waals surface area contributed by atoms with Gasteiger partial charge in [-0.3, -0.25) is 4.79 Å². The lowest BCUT2D eigenvalue weighted by atomic mass is 10.2. The molecule has 0 fully saturated rings. The molecule has 1 heterocycles. The number of hydrogen-bond acceptors (Lipinski definition) is 5. The van der Waals surface area contributed by atoms with Gasteiger partial charge in [0.05, 0.1) is 12.1 Å².